The summed E-state index contributed by atoms with van der Waals surface area (Å²) in [5, 5.41) is 44.0. The standard InChI is InChI=1S/C35H52N4O6/c1-8-19-14(2)21-13-26-28(18(6)40)16(4)23(37-26)11-22-15(3)20(9-10-27(41)42)32(38-22)30-31(35(44)45-7)34(43)29-17(5)24(39-33(29)30)12-25(19)36-21/h13,15-17,20,22-24,29-34,36-40,43H,8-12H2,1-7H3,(H,41,42)/t15-,16?,17?,20-,22?,23?,24?,29?,30?,31?,32?,33?,34?/m0/s1. The van der Waals surface area contributed by atoms with Crippen LogP contribution in [0, 0.1) is 48.3 Å². The van der Waals surface area contributed by atoms with Crippen LogP contribution in [0.3, 0.4) is 0 Å². The third kappa shape index (κ3) is 5.21. The number of rotatable bonds is 5. The Morgan fingerprint density at radius 1 is 1.02 bits per heavy atom. The number of ether oxygens (including phenoxy) is 1. The Hall–Kier alpha value is -2.82. The van der Waals surface area contributed by atoms with E-state index >= 15 is 0 Å². The molecule has 10 nitrogen and oxygen atoms in total. The molecule has 1 aromatic rings. The molecule has 7 N–H and O–H groups in total. The molecule has 0 aromatic carbocycles. The van der Waals surface area contributed by atoms with Crippen LogP contribution in [0.4, 0.5) is 0 Å². The van der Waals surface area contributed by atoms with Crippen LogP contribution in [-0.2, 0) is 27.2 Å². The Labute approximate surface area is 266 Å². The van der Waals surface area contributed by atoms with E-state index < -0.39 is 24.0 Å². The first-order valence-electron chi connectivity index (χ1n) is 17.0. The number of aromatic nitrogens is 1. The van der Waals surface area contributed by atoms with Crippen LogP contribution in [0.1, 0.15) is 76.4 Å². The molecule has 248 valence electrons. The maximum absolute atomic E-state index is 13.4. The maximum Gasteiger partial charge on any atom is 0.311 e. The molecule has 4 aliphatic heterocycles. The van der Waals surface area contributed by atoms with Crippen molar-refractivity contribution >= 4 is 18.0 Å². The van der Waals surface area contributed by atoms with Gasteiger partial charge >= 0.3 is 11.9 Å². The molecule has 45 heavy (non-hydrogen) atoms. The molecule has 1 aromatic heterocycles. The molecule has 4 fully saturated rings. The van der Waals surface area contributed by atoms with Gasteiger partial charge in [0.2, 0.25) is 0 Å². The summed E-state index contributed by atoms with van der Waals surface area (Å²) in [4.78, 5) is 29.0. The highest BCUT2D eigenvalue weighted by Gasteiger charge is 2.63. The minimum absolute atomic E-state index is 0.00208. The van der Waals surface area contributed by atoms with Crippen molar-refractivity contribution < 1.29 is 29.6 Å². The molecule has 1 aliphatic carbocycles. The largest absolute Gasteiger partial charge is 0.512 e. The summed E-state index contributed by atoms with van der Waals surface area (Å²) in [7, 11) is 1.39. The average molecular weight is 625 g/mol. The minimum Gasteiger partial charge on any atom is -0.512 e. The SMILES string of the molecule is CCc1c2[nH]c(c1C)C=C1NC(CC3NC(C4C5NC(C2)C(C)C5C(O)C4C(=O)OC)[C@@H](CCC(=O)O)[C@@H]3C)C(C)C1=C(C)O. The van der Waals surface area contributed by atoms with Crippen molar-refractivity contribution in [3.05, 3.63) is 39.5 Å². The first-order valence-corrected chi connectivity index (χ1v) is 17.0. The molecule has 0 radical (unpaired) electrons. The fraction of sp³-hybridized carbons (Fsp3) is 0.714. The highest BCUT2D eigenvalue weighted by atomic mass is 16.5. The normalized spacial score (nSPS) is 41.5. The molecule has 3 saturated heterocycles. The molecular weight excluding hydrogens is 572 g/mol. The number of hydrogen-bond acceptors (Lipinski definition) is 8. The van der Waals surface area contributed by atoms with Crippen LogP contribution in [0.5, 0.6) is 0 Å². The van der Waals surface area contributed by atoms with E-state index in [9.17, 15) is 24.9 Å². The number of aromatic amines is 1. The van der Waals surface area contributed by atoms with Gasteiger partial charge in [-0.05, 0) is 68.1 Å². The fourth-order valence-electron chi connectivity index (χ4n) is 10.3. The number of carbonyl (C=O) groups is 2. The summed E-state index contributed by atoms with van der Waals surface area (Å²) < 4.78 is 5.31. The summed E-state index contributed by atoms with van der Waals surface area (Å²) in [6.07, 6.45) is 4.25. The molecule has 0 spiro atoms. The van der Waals surface area contributed by atoms with Gasteiger partial charge in [-0.3, -0.25) is 9.59 Å². The van der Waals surface area contributed by atoms with E-state index in [0.717, 1.165) is 36.2 Å². The zero-order chi connectivity index (χ0) is 32.5. The van der Waals surface area contributed by atoms with E-state index in [-0.39, 0.29) is 72.1 Å². The van der Waals surface area contributed by atoms with Crippen molar-refractivity contribution in [2.75, 3.05) is 7.11 Å². The van der Waals surface area contributed by atoms with E-state index in [4.69, 9.17) is 4.74 Å². The Bertz CT molecular complexity index is 1400. The molecule has 11 unspecified atom stereocenters. The third-order valence-corrected chi connectivity index (χ3v) is 12.6. The summed E-state index contributed by atoms with van der Waals surface area (Å²) in [5.74, 6) is -1.70. The Balaban J connectivity index is 1.49. The minimum atomic E-state index is -0.857. The van der Waals surface area contributed by atoms with Crippen molar-refractivity contribution in [1.82, 2.24) is 20.9 Å². The molecule has 6 rings (SSSR count). The molecule has 5 heterocycles. The number of methoxy groups -OCH3 is 1. The van der Waals surface area contributed by atoms with Gasteiger partial charge in [-0.25, -0.2) is 0 Å². The summed E-state index contributed by atoms with van der Waals surface area (Å²) in [6.45, 7) is 12.6. The van der Waals surface area contributed by atoms with E-state index in [2.05, 4.69) is 61.6 Å². The summed E-state index contributed by atoms with van der Waals surface area (Å²) in [5.41, 5.74) is 6.57. The van der Waals surface area contributed by atoms with Crippen molar-refractivity contribution in [3.8, 4) is 0 Å². The van der Waals surface area contributed by atoms with Crippen LogP contribution < -0.4 is 16.0 Å². The van der Waals surface area contributed by atoms with Crippen LogP contribution in [0.25, 0.3) is 6.08 Å². The molecule has 13 atom stereocenters. The number of aliphatic hydroxyl groups excluding tert-OH is 2. The second kappa shape index (κ2) is 12.1. The Kier molecular flexibility index (Phi) is 8.63. The smallest absolute Gasteiger partial charge is 0.311 e. The van der Waals surface area contributed by atoms with E-state index in [1.807, 2.05) is 0 Å². The van der Waals surface area contributed by atoms with Gasteiger partial charge in [0, 0.05) is 83.5 Å². The highest BCUT2D eigenvalue weighted by molar-refractivity contribution is 5.74. The molecule has 8 bridgehead atoms. The molecule has 0 amide bonds. The topological polar surface area (TPSA) is 156 Å². The predicted octanol–water partition coefficient (Wildman–Crippen LogP) is 3.44. The first kappa shape index (κ1) is 32.1. The number of hydrogen-bond donors (Lipinski definition) is 7. The van der Waals surface area contributed by atoms with Gasteiger partial charge in [0.05, 0.1) is 24.9 Å². The predicted molar refractivity (Wildman–Crippen MR) is 171 cm³/mol. The lowest BCUT2D eigenvalue weighted by Gasteiger charge is -2.34. The number of fused-ring (bicyclic) bond motifs is 8. The van der Waals surface area contributed by atoms with Crippen molar-refractivity contribution in [2.45, 2.75) is 110 Å². The van der Waals surface area contributed by atoms with Crippen molar-refractivity contribution in [3.63, 3.8) is 0 Å². The van der Waals surface area contributed by atoms with Crippen LogP contribution in [0.2, 0.25) is 0 Å². The van der Waals surface area contributed by atoms with Gasteiger partial charge in [-0.15, -0.1) is 0 Å². The number of allylic oxidation sites excluding steroid dienone is 2. The fourth-order valence-corrected chi connectivity index (χ4v) is 10.3. The van der Waals surface area contributed by atoms with Gasteiger partial charge < -0.3 is 41.0 Å². The number of nitrogens with one attached hydrogen (secondary N) is 4. The van der Waals surface area contributed by atoms with Crippen LogP contribution >= 0.6 is 0 Å². The van der Waals surface area contributed by atoms with Gasteiger partial charge in [-0.2, -0.15) is 0 Å². The first-order chi connectivity index (χ1) is 21.4. The number of aliphatic carboxylic acids is 1. The second-order valence-corrected chi connectivity index (χ2v) is 14.6. The quantitative estimate of drug-likeness (QED) is 0.193. The summed E-state index contributed by atoms with van der Waals surface area (Å²) >= 11 is 0. The second-order valence-electron chi connectivity index (χ2n) is 14.6. The van der Waals surface area contributed by atoms with Gasteiger partial charge in [-0.1, -0.05) is 27.7 Å². The highest BCUT2D eigenvalue weighted by Crippen LogP contribution is 2.52. The zero-order valence-electron chi connectivity index (χ0n) is 27.7. The molecule has 10 heteroatoms. The van der Waals surface area contributed by atoms with Crippen molar-refractivity contribution in [1.29, 1.82) is 0 Å². The number of carboxylic acid groups (broad SMARTS) is 1. The van der Waals surface area contributed by atoms with Crippen LogP contribution in [0.15, 0.2) is 17.0 Å². The van der Waals surface area contributed by atoms with Crippen LogP contribution in [-0.4, -0.2) is 75.7 Å². The lowest BCUT2D eigenvalue weighted by atomic mass is 9.75. The monoisotopic (exact) mass is 624 g/mol. The lowest BCUT2D eigenvalue weighted by molar-refractivity contribution is -0.152. The number of carbonyl (C=O) groups excluding carboxylic acids is 1. The average Bonchev–Trinajstić information content (AvgIpc) is 3.72. The third-order valence-electron chi connectivity index (χ3n) is 12.6. The van der Waals surface area contributed by atoms with E-state index in [1.54, 1.807) is 6.92 Å². The maximum atomic E-state index is 13.4. The molecular formula is C35H52N4O6. The number of aliphatic hydroxyl groups is 2. The number of carboxylic acids is 1. The summed E-state index contributed by atoms with van der Waals surface area (Å²) in [6, 6.07) is -0.0984. The zero-order valence-corrected chi connectivity index (χ0v) is 27.7. The Morgan fingerprint density at radius 2 is 1.73 bits per heavy atom. The molecule has 1 saturated carbocycles. The number of H-pyrrole nitrogens is 1. The van der Waals surface area contributed by atoms with E-state index in [1.165, 1.54) is 23.9 Å². The Morgan fingerprint density at radius 3 is 2.38 bits per heavy atom. The van der Waals surface area contributed by atoms with Gasteiger partial charge in [0.25, 0.3) is 0 Å². The molecule has 5 aliphatic rings. The van der Waals surface area contributed by atoms with Crippen molar-refractivity contribution in [2.24, 2.45) is 41.4 Å². The van der Waals surface area contributed by atoms with E-state index in [0.29, 0.717) is 12.2 Å². The van der Waals surface area contributed by atoms with Gasteiger partial charge in [0.15, 0.2) is 0 Å². The number of esters is 1. The van der Waals surface area contributed by atoms with Gasteiger partial charge in [0.1, 0.15) is 0 Å². The lowest BCUT2D eigenvalue weighted by Crippen LogP contribution is -2.51.